The number of nitrogens with zero attached hydrogens (tertiary/aromatic N) is 3. The SMILES string of the molecule is Cc1nc(-c2ccc3c(c2)CN(C2CCC(=O)NC2=O)C3=O)c(C2CCN(C)CC2)o1. The minimum atomic E-state index is -0.606. The zero-order chi connectivity index (χ0) is 21.7. The van der Waals surface area contributed by atoms with E-state index in [4.69, 9.17) is 4.42 Å². The number of fused-ring (bicyclic) bond motifs is 1. The summed E-state index contributed by atoms with van der Waals surface area (Å²) >= 11 is 0. The number of piperidine rings is 2. The predicted octanol–water partition coefficient (Wildman–Crippen LogP) is 2.22. The maximum absolute atomic E-state index is 12.9. The molecule has 1 unspecified atom stereocenters. The van der Waals surface area contributed by atoms with Gasteiger partial charge in [-0.15, -0.1) is 0 Å². The summed E-state index contributed by atoms with van der Waals surface area (Å²) in [6, 6.07) is 5.13. The van der Waals surface area contributed by atoms with Crippen LogP contribution in [0, 0.1) is 6.92 Å². The monoisotopic (exact) mass is 422 g/mol. The molecule has 0 saturated carbocycles. The number of hydrogen-bond acceptors (Lipinski definition) is 6. The topological polar surface area (TPSA) is 95.8 Å². The van der Waals surface area contributed by atoms with Gasteiger partial charge in [-0.2, -0.15) is 0 Å². The molecule has 0 bridgehead atoms. The molecule has 8 nitrogen and oxygen atoms in total. The van der Waals surface area contributed by atoms with Gasteiger partial charge in [0.05, 0.1) is 0 Å². The molecule has 1 aromatic heterocycles. The van der Waals surface area contributed by atoms with Gasteiger partial charge in [0.1, 0.15) is 17.5 Å². The van der Waals surface area contributed by atoms with Crippen LogP contribution in [-0.4, -0.2) is 58.7 Å². The minimum Gasteiger partial charge on any atom is -0.445 e. The van der Waals surface area contributed by atoms with Crippen molar-refractivity contribution in [3.8, 4) is 11.3 Å². The summed E-state index contributed by atoms with van der Waals surface area (Å²) in [5, 5.41) is 2.34. The highest BCUT2D eigenvalue weighted by atomic mass is 16.4. The summed E-state index contributed by atoms with van der Waals surface area (Å²) in [4.78, 5) is 45.2. The minimum absolute atomic E-state index is 0.164. The van der Waals surface area contributed by atoms with Gasteiger partial charge < -0.3 is 14.2 Å². The third-order valence-corrected chi connectivity index (χ3v) is 6.65. The summed E-state index contributed by atoms with van der Waals surface area (Å²) in [6.07, 6.45) is 2.68. The molecule has 0 aliphatic carbocycles. The van der Waals surface area contributed by atoms with Gasteiger partial charge >= 0.3 is 0 Å². The number of nitrogens with one attached hydrogen (secondary N) is 1. The molecule has 8 heteroatoms. The number of aryl methyl sites for hydroxylation is 1. The van der Waals surface area contributed by atoms with Crippen LogP contribution in [0.4, 0.5) is 0 Å². The first-order valence-electron chi connectivity index (χ1n) is 10.8. The van der Waals surface area contributed by atoms with Crippen molar-refractivity contribution in [1.29, 1.82) is 0 Å². The van der Waals surface area contributed by atoms with Crippen molar-refractivity contribution in [3.63, 3.8) is 0 Å². The van der Waals surface area contributed by atoms with Crippen molar-refractivity contribution in [2.75, 3.05) is 20.1 Å². The number of rotatable bonds is 3. The molecule has 2 aromatic rings. The van der Waals surface area contributed by atoms with Crippen LogP contribution in [0.25, 0.3) is 11.3 Å². The van der Waals surface area contributed by atoms with Crippen LogP contribution in [0.3, 0.4) is 0 Å². The number of likely N-dealkylation sites (tertiary alicyclic amines) is 1. The van der Waals surface area contributed by atoms with E-state index in [0.29, 0.717) is 30.3 Å². The number of carbonyl (C=O) groups excluding carboxylic acids is 3. The molecule has 2 fully saturated rings. The summed E-state index contributed by atoms with van der Waals surface area (Å²) in [7, 11) is 2.13. The molecule has 162 valence electrons. The fourth-order valence-electron chi connectivity index (χ4n) is 4.92. The van der Waals surface area contributed by atoms with Crippen molar-refractivity contribution < 1.29 is 18.8 Å². The van der Waals surface area contributed by atoms with Crippen molar-refractivity contribution >= 4 is 17.7 Å². The normalized spacial score (nSPS) is 22.7. The molecular formula is C23H26N4O4. The molecule has 3 amide bonds. The second kappa shape index (κ2) is 7.60. The molecule has 0 spiro atoms. The molecule has 3 aliphatic rings. The smallest absolute Gasteiger partial charge is 0.255 e. The maximum atomic E-state index is 12.9. The Kier molecular flexibility index (Phi) is 4.89. The Labute approximate surface area is 180 Å². The molecular weight excluding hydrogens is 396 g/mol. The first-order chi connectivity index (χ1) is 14.9. The highest BCUT2D eigenvalue weighted by Crippen LogP contribution is 2.37. The van der Waals surface area contributed by atoms with E-state index in [9.17, 15) is 14.4 Å². The molecule has 1 N–H and O–H groups in total. The number of oxazole rings is 1. The third kappa shape index (κ3) is 3.54. The standard InChI is InChI=1S/C23H26N4O4/c1-13-24-20(21(31-13)14-7-9-26(2)10-8-14)15-3-4-17-16(11-15)12-27(23(17)30)18-5-6-19(28)25-22(18)29/h3-4,11,14,18H,5-10,12H2,1-2H3,(H,25,28,29). The lowest BCUT2D eigenvalue weighted by molar-refractivity contribution is -0.136. The Morgan fingerprint density at radius 3 is 2.65 bits per heavy atom. The molecule has 4 heterocycles. The second-order valence-electron chi connectivity index (χ2n) is 8.80. The maximum Gasteiger partial charge on any atom is 0.255 e. The fraction of sp³-hybridized carbons (Fsp3) is 0.478. The number of aromatic nitrogens is 1. The van der Waals surface area contributed by atoms with Crippen LogP contribution in [0.2, 0.25) is 0 Å². The average molecular weight is 422 g/mol. The summed E-state index contributed by atoms with van der Waals surface area (Å²) < 4.78 is 6.03. The zero-order valence-electron chi connectivity index (χ0n) is 17.8. The fourth-order valence-corrected chi connectivity index (χ4v) is 4.92. The quantitative estimate of drug-likeness (QED) is 0.762. The highest BCUT2D eigenvalue weighted by molar-refractivity contribution is 6.05. The van der Waals surface area contributed by atoms with E-state index in [1.165, 1.54) is 0 Å². The Hall–Kier alpha value is -3.00. The largest absolute Gasteiger partial charge is 0.445 e. The summed E-state index contributed by atoms with van der Waals surface area (Å²) in [6.45, 7) is 4.28. The average Bonchev–Trinajstić information content (AvgIpc) is 3.28. The van der Waals surface area contributed by atoms with Crippen molar-refractivity contribution in [2.45, 2.75) is 51.1 Å². The van der Waals surface area contributed by atoms with Crippen molar-refractivity contribution in [1.82, 2.24) is 20.1 Å². The highest BCUT2D eigenvalue weighted by Gasteiger charge is 2.39. The van der Waals surface area contributed by atoms with Crippen LogP contribution >= 0.6 is 0 Å². The number of benzene rings is 1. The zero-order valence-corrected chi connectivity index (χ0v) is 17.8. The van der Waals surface area contributed by atoms with Gasteiger partial charge in [-0.05, 0) is 57.1 Å². The van der Waals surface area contributed by atoms with Gasteiger partial charge in [-0.1, -0.05) is 6.07 Å². The van der Waals surface area contributed by atoms with Crippen LogP contribution in [0.5, 0.6) is 0 Å². The first-order valence-corrected chi connectivity index (χ1v) is 10.8. The molecule has 3 aliphatic heterocycles. The first kappa shape index (κ1) is 19.9. The van der Waals surface area contributed by atoms with E-state index in [-0.39, 0.29) is 18.2 Å². The van der Waals surface area contributed by atoms with Crippen LogP contribution in [-0.2, 0) is 16.1 Å². The van der Waals surface area contributed by atoms with Gasteiger partial charge in [0, 0.05) is 36.9 Å². The molecule has 2 saturated heterocycles. The lowest BCUT2D eigenvalue weighted by Crippen LogP contribution is -2.52. The van der Waals surface area contributed by atoms with Crippen LogP contribution in [0.1, 0.15) is 59.2 Å². The Balaban J connectivity index is 1.43. The van der Waals surface area contributed by atoms with Gasteiger partial charge in [-0.3, -0.25) is 19.7 Å². The summed E-state index contributed by atoms with van der Waals surface area (Å²) in [5.41, 5.74) is 3.26. The van der Waals surface area contributed by atoms with E-state index in [2.05, 4.69) is 22.2 Å². The Morgan fingerprint density at radius 1 is 1.13 bits per heavy atom. The third-order valence-electron chi connectivity index (χ3n) is 6.65. The second-order valence-corrected chi connectivity index (χ2v) is 8.80. The Morgan fingerprint density at radius 2 is 1.90 bits per heavy atom. The lowest BCUT2D eigenvalue weighted by Gasteiger charge is -2.29. The number of amides is 3. The predicted molar refractivity (Wildman–Crippen MR) is 112 cm³/mol. The molecule has 31 heavy (non-hydrogen) atoms. The number of hydrogen-bond donors (Lipinski definition) is 1. The van der Waals surface area contributed by atoms with E-state index >= 15 is 0 Å². The van der Waals surface area contributed by atoms with E-state index < -0.39 is 11.9 Å². The van der Waals surface area contributed by atoms with Crippen LogP contribution < -0.4 is 5.32 Å². The van der Waals surface area contributed by atoms with Crippen molar-refractivity contribution in [2.24, 2.45) is 0 Å². The van der Waals surface area contributed by atoms with Gasteiger partial charge in [0.15, 0.2) is 5.89 Å². The molecule has 1 atom stereocenters. The van der Waals surface area contributed by atoms with Gasteiger partial charge in [0.25, 0.3) is 5.91 Å². The number of carbonyl (C=O) groups is 3. The van der Waals surface area contributed by atoms with E-state index in [1.807, 2.05) is 25.1 Å². The molecule has 1 aromatic carbocycles. The van der Waals surface area contributed by atoms with E-state index in [1.54, 1.807) is 4.90 Å². The van der Waals surface area contributed by atoms with Crippen LogP contribution in [0.15, 0.2) is 22.6 Å². The van der Waals surface area contributed by atoms with E-state index in [0.717, 1.165) is 48.5 Å². The summed E-state index contributed by atoms with van der Waals surface area (Å²) in [5.74, 6) is 1.07. The molecule has 0 radical (unpaired) electrons. The Bertz CT molecular complexity index is 1070. The number of imide groups is 1. The lowest BCUT2D eigenvalue weighted by atomic mass is 9.91. The van der Waals surface area contributed by atoms with Crippen molar-refractivity contribution in [3.05, 3.63) is 41.0 Å². The van der Waals surface area contributed by atoms with Gasteiger partial charge in [-0.25, -0.2) is 4.98 Å². The molecule has 5 rings (SSSR count). The van der Waals surface area contributed by atoms with Gasteiger partial charge in [0.2, 0.25) is 11.8 Å².